The lowest BCUT2D eigenvalue weighted by Gasteiger charge is -2.06. The van der Waals surface area contributed by atoms with Crippen LogP contribution in [0, 0.1) is 6.92 Å². The molecule has 3 rings (SSSR count). The molecule has 0 aliphatic carbocycles. The lowest BCUT2D eigenvalue weighted by molar-refractivity contribution is 0.101. The lowest BCUT2D eigenvalue weighted by Crippen LogP contribution is -2.26. The standard InChI is InChI=1S/C16H14N4O3/c1-11-9-14(19-23-11)17-16(22)13-7-8-15(21)20(18-13)10-12-5-3-2-4-6-12/h2-9H,10H2,1H3,(H,17,19,22). The summed E-state index contributed by atoms with van der Waals surface area (Å²) in [5.74, 6) is 0.428. The lowest BCUT2D eigenvalue weighted by atomic mass is 10.2. The fraction of sp³-hybridized carbons (Fsp3) is 0.125. The number of benzene rings is 1. The molecule has 3 aromatic rings. The van der Waals surface area contributed by atoms with Crippen molar-refractivity contribution in [3.63, 3.8) is 0 Å². The van der Waals surface area contributed by atoms with E-state index in [1.165, 1.54) is 16.8 Å². The molecule has 1 aromatic carbocycles. The number of carbonyl (C=O) groups is 1. The van der Waals surface area contributed by atoms with Crippen LogP contribution in [0.15, 0.2) is 57.8 Å². The molecule has 7 nitrogen and oxygen atoms in total. The first kappa shape index (κ1) is 14.7. The van der Waals surface area contributed by atoms with Crippen molar-refractivity contribution in [3.8, 4) is 0 Å². The maximum Gasteiger partial charge on any atom is 0.277 e. The number of carbonyl (C=O) groups excluding carboxylic acids is 1. The minimum Gasteiger partial charge on any atom is -0.360 e. The van der Waals surface area contributed by atoms with Gasteiger partial charge in [0.2, 0.25) is 0 Å². The number of rotatable bonds is 4. The smallest absolute Gasteiger partial charge is 0.277 e. The number of amides is 1. The number of hydrogen-bond acceptors (Lipinski definition) is 5. The van der Waals surface area contributed by atoms with Crippen molar-refractivity contribution in [1.29, 1.82) is 0 Å². The fourth-order valence-corrected chi connectivity index (χ4v) is 2.05. The molecular weight excluding hydrogens is 296 g/mol. The molecule has 116 valence electrons. The summed E-state index contributed by atoms with van der Waals surface area (Å²) >= 11 is 0. The van der Waals surface area contributed by atoms with Crippen LogP contribution in [-0.2, 0) is 6.54 Å². The zero-order valence-electron chi connectivity index (χ0n) is 12.4. The first-order valence-corrected chi connectivity index (χ1v) is 6.98. The van der Waals surface area contributed by atoms with Crippen molar-refractivity contribution < 1.29 is 9.32 Å². The minimum atomic E-state index is -0.458. The van der Waals surface area contributed by atoms with Crippen LogP contribution in [0.3, 0.4) is 0 Å². The van der Waals surface area contributed by atoms with Gasteiger partial charge in [0, 0.05) is 12.1 Å². The number of nitrogens with one attached hydrogen (secondary N) is 1. The molecule has 0 bridgehead atoms. The van der Waals surface area contributed by atoms with Crippen LogP contribution in [0.1, 0.15) is 21.8 Å². The highest BCUT2D eigenvalue weighted by Crippen LogP contribution is 2.08. The molecule has 0 aliphatic heterocycles. The molecule has 1 amide bonds. The van der Waals surface area contributed by atoms with Gasteiger partial charge in [-0.2, -0.15) is 5.10 Å². The topological polar surface area (TPSA) is 90.0 Å². The molecule has 0 unspecified atom stereocenters. The van der Waals surface area contributed by atoms with E-state index in [-0.39, 0.29) is 11.3 Å². The van der Waals surface area contributed by atoms with Crippen LogP contribution in [0.4, 0.5) is 5.82 Å². The van der Waals surface area contributed by atoms with Gasteiger partial charge in [-0.05, 0) is 18.6 Å². The van der Waals surface area contributed by atoms with E-state index in [9.17, 15) is 9.59 Å². The van der Waals surface area contributed by atoms with Gasteiger partial charge in [0.25, 0.3) is 11.5 Å². The van der Waals surface area contributed by atoms with Gasteiger partial charge >= 0.3 is 0 Å². The Labute approximate surface area is 131 Å². The molecule has 0 spiro atoms. The Hall–Kier alpha value is -3.22. The molecule has 0 fully saturated rings. The Kier molecular flexibility index (Phi) is 4.01. The van der Waals surface area contributed by atoms with Gasteiger partial charge in [-0.3, -0.25) is 9.59 Å². The second-order valence-electron chi connectivity index (χ2n) is 4.98. The first-order valence-electron chi connectivity index (χ1n) is 6.98. The summed E-state index contributed by atoms with van der Waals surface area (Å²) < 4.78 is 6.13. The predicted molar refractivity (Wildman–Crippen MR) is 83.2 cm³/mol. The second kappa shape index (κ2) is 6.27. The van der Waals surface area contributed by atoms with E-state index in [1.807, 2.05) is 30.3 Å². The van der Waals surface area contributed by atoms with Gasteiger partial charge in [0.15, 0.2) is 5.82 Å². The summed E-state index contributed by atoms with van der Waals surface area (Å²) in [6.45, 7) is 2.02. The maximum atomic E-state index is 12.2. The predicted octanol–water partition coefficient (Wildman–Crippen LogP) is 1.84. The van der Waals surface area contributed by atoms with Crippen LogP contribution >= 0.6 is 0 Å². The summed E-state index contributed by atoms with van der Waals surface area (Å²) in [4.78, 5) is 24.1. The zero-order valence-corrected chi connectivity index (χ0v) is 12.4. The second-order valence-corrected chi connectivity index (χ2v) is 4.98. The quantitative estimate of drug-likeness (QED) is 0.794. The molecule has 7 heteroatoms. The normalized spacial score (nSPS) is 10.5. The Morgan fingerprint density at radius 3 is 2.70 bits per heavy atom. The van der Waals surface area contributed by atoms with E-state index < -0.39 is 5.91 Å². The number of anilines is 1. The van der Waals surface area contributed by atoms with Crippen LogP contribution in [0.2, 0.25) is 0 Å². The van der Waals surface area contributed by atoms with Gasteiger partial charge in [-0.1, -0.05) is 35.5 Å². The molecule has 2 aromatic heterocycles. The van der Waals surface area contributed by atoms with Gasteiger partial charge in [0.1, 0.15) is 11.5 Å². The van der Waals surface area contributed by atoms with E-state index >= 15 is 0 Å². The first-order chi connectivity index (χ1) is 11.1. The van der Waals surface area contributed by atoms with Crippen molar-refractivity contribution in [2.45, 2.75) is 13.5 Å². The Morgan fingerprint density at radius 1 is 1.22 bits per heavy atom. The van der Waals surface area contributed by atoms with Gasteiger partial charge in [-0.25, -0.2) is 4.68 Å². The Morgan fingerprint density at radius 2 is 2.00 bits per heavy atom. The number of aromatic nitrogens is 3. The molecular formula is C16H14N4O3. The van der Waals surface area contributed by atoms with Gasteiger partial charge in [-0.15, -0.1) is 0 Å². The summed E-state index contributed by atoms with van der Waals surface area (Å²) in [7, 11) is 0. The number of aryl methyl sites for hydroxylation is 1. The molecule has 23 heavy (non-hydrogen) atoms. The van der Waals surface area contributed by atoms with Crippen molar-refractivity contribution >= 4 is 11.7 Å². The largest absolute Gasteiger partial charge is 0.360 e. The third-order valence-corrected chi connectivity index (χ3v) is 3.14. The van der Waals surface area contributed by atoms with Crippen LogP contribution in [0.5, 0.6) is 0 Å². The van der Waals surface area contributed by atoms with Gasteiger partial charge in [0.05, 0.1) is 6.54 Å². The SMILES string of the molecule is Cc1cc(NC(=O)c2ccc(=O)n(Cc3ccccc3)n2)no1. The van der Waals surface area contributed by atoms with E-state index in [0.717, 1.165) is 5.56 Å². The third kappa shape index (κ3) is 3.52. The van der Waals surface area contributed by atoms with E-state index in [2.05, 4.69) is 15.6 Å². The molecule has 0 aliphatic rings. The maximum absolute atomic E-state index is 12.2. The summed E-state index contributed by atoms with van der Waals surface area (Å²) in [6.07, 6.45) is 0. The minimum absolute atomic E-state index is 0.126. The molecule has 0 atom stereocenters. The molecule has 0 radical (unpaired) electrons. The fourth-order valence-electron chi connectivity index (χ4n) is 2.05. The van der Waals surface area contributed by atoms with Crippen molar-refractivity contribution in [2.75, 3.05) is 5.32 Å². The number of hydrogen-bond donors (Lipinski definition) is 1. The molecule has 1 N–H and O–H groups in total. The zero-order chi connectivity index (χ0) is 16.2. The van der Waals surface area contributed by atoms with Crippen molar-refractivity contribution in [3.05, 3.63) is 75.9 Å². The Balaban J connectivity index is 1.82. The highest BCUT2D eigenvalue weighted by Gasteiger charge is 2.12. The molecule has 0 saturated carbocycles. The molecule has 2 heterocycles. The van der Waals surface area contributed by atoms with Crippen LogP contribution in [-0.4, -0.2) is 20.8 Å². The monoisotopic (exact) mass is 310 g/mol. The van der Waals surface area contributed by atoms with E-state index in [1.54, 1.807) is 13.0 Å². The summed E-state index contributed by atoms with van der Waals surface area (Å²) in [6, 6.07) is 13.7. The van der Waals surface area contributed by atoms with Crippen molar-refractivity contribution in [2.24, 2.45) is 0 Å². The Bertz CT molecular complexity index is 884. The average Bonchev–Trinajstić information content (AvgIpc) is 2.95. The van der Waals surface area contributed by atoms with Crippen LogP contribution in [0.25, 0.3) is 0 Å². The summed E-state index contributed by atoms with van der Waals surface area (Å²) in [5.41, 5.74) is 0.774. The highest BCUT2D eigenvalue weighted by molar-refractivity contribution is 6.02. The van der Waals surface area contributed by atoms with E-state index in [4.69, 9.17) is 4.52 Å². The average molecular weight is 310 g/mol. The molecule has 0 saturated heterocycles. The highest BCUT2D eigenvalue weighted by atomic mass is 16.5. The van der Waals surface area contributed by atoms with E-state index in [0.29, 0.717) is 18.1 Å². The van der Waals surface area contributed by atoms with Crippen molar-refractivity contribution in [1.82, 2.24) is 14.9 Å². The van der Waals surface area contributed by atoms with Gasteiger partial charge < -0.3 is 9.84 Å². The third-order valence-electron chi connectivity index (χ3n) is 3.14. The van der Waals surface area contributed by atoms with Crippen LogP contribution < -0.4 is 10.9 Å². The summed E-state index contributed by atoms with van der Waals surface area (Å²) in [5, 5.41) is 10.4. The number of nitrogens with zero attached hydrogens (tertiary/aromatic N) is 3.